The highest BCUT2D eigenvalue weighted by Crippen LogP contribution is 2.35. The Morgan fingerprint density at radius 3 is 2.54 bits per heavy atom. The normalized spacial score (nSPS) is 12.3. The number of hydrogen-bond donors (Lipinski definition) is 0. The van der Waals surface area contributed by atoms with Crippen LogP contribution in [0.1, 0.15) is 11.5 Å². The number of benzene rings is 3. The molecule has 3 heterocycles. The number of aromatic nitrogens is 4. The Bertz CT molecular complexity index is 1650. The van der Waals surface area contributed by atoms with Gasteiger partial charge in [0.25, 0.3) is 5.56 Å². The Morgan fingerprint density at radius 1 is 0.857 bits per heavy atom. The lowest BCUT2D eigenvalue weighted by atomic mass is 10.1. The van der Waals surface area contributed by atoms with Crippen molar-refractivity contribution in [2.24, 2.45) is 0 Å². The minimum absolute atomic E-state index is 0.0303. The van der Waals surface area contributed by atoms with Crippen LogP contribution in [0, 0.1) is 0 Å². The third-order valence-corrected chi connectivity index (χ3v) is 5.99. The fourth-order valence-corrected chi connectivity index (χ4v) is 4.21. The number of aryl methyl sites for hydroxylation is 1. The number of rotatable bonds is 6. The van der Waals surface area contributed by atoms with Crippen molar-refractivity contribution >= 4 is 10.9 Å². The summed E-state index contributed by atoms with van der Waals surface area (Å²) in [5.74, 6) is 1.89. The van der Waals surface area contributed by atoms with Gasteiger partial charge in [-0.1, -0.05) is 47.6 Å². The van der Waals surface area contributed by atoms with Crippen LogP contribution in [0.15, 0.2) is 86.9 Å². The molecule has 0 atom stereocenters. The summed E-state index contributed by atoms with van der Waals surface area (Å²) in [7, 11) is 0. The van der Waals surface area contributed by atoms with Gasteiger partial charge >= 0.3 is 5.69 Å². The molecule has 35 heavy (non-hydrogen) atoms. The maximum absolute atomic E-state index is 13.4. The van der Waals surface area contributed by atoms with Crippen molar-refractivity contribution in [2.45, 2.75) is 19.5 Å². The Balaban J connectivity index is 1.36. The van der Waals surface area contributed by atoms with Crippen molar-refractivity contribution in [3.63, 3.8) is 0 Å². The van der Waals surface area contributed by atoms with Gasteiger partial charge in [-0.15, -0.1) is 0 Å². The van der Waals surface area contributed by atoms with Crippen LogP contribution in [0.4, 0.5) is 0 Å². The highest BCUT2D eigenvalue weighted by atomic mass is 16.7. The number of ether oxygens (including phenoxy) is 2. The van der Waals surface area contributed by atoms with Gasteiger partial charge in [0.2, 0.25) is 18.5 Å². The average Bonchev–Trinajstić information content (AvgIpc) is 3.56. The quantitative estimate of drug-likeness (QED) is 0.377. The van der Waals surface area contributed by atoms with Gasteiger partial charge in [-0.05, 0) is 42.3 Å². The standard InChI is InChI=1S/C26H20N4O5/c31-25-19-8-4-5-9-20(19)30(26(32)29(25)13-12-17-6-2-1-3-7-17)15-23-27-24(28-35-23)18-10-11-21-22(14-18)34-16-33-21/h1-11,14H,12-13,15-16H2. The van der Waals surface area contributed by atoms with E-state index in [1.165, 1.54) is 9.13 Å². The van der Waals surface area contributed by atoms with Gasteiger partial charge in [0.1, 0.15) is 6.54 Å². The zero-order valence-electron chi connectivity index (χ0n) is 18.6. The van der Waals surface area contributed by atoms with E-state index in [9.17, 15) is 9.59 Å². The number of para-hydroxylation sites is 1. The molecule has 0 spiro atoms. The van der Waals surface area contributed by atoms with Crippen molar-refractivity contribution in [3.05, 3.63) is 105 Å². The number of hydrogen-bond acceptors (Lipinski definition) is 7. The Kier molecular flexibility index (Phi) is 5.14. The molecule has 0 radical (unpaired) electrons. The van der Waals surface area contributed by atoms with Crippen molar-refractivity contribution in [1.29, 1.82) is 0 Å². The molecule has 9 nitrogen and oxygen atoms in total. The van der Waals surface area contributed by atoms with E-state index in [0.717, 1.165) is 5.56 Å². The average molecular weight is 468 g/mol. The third kappa shape index (κ3) is 3.86. The zero-order valence-corrected chi connectivity index (χ0v) is 18.6. The summed E-state index contributed by atoms with van der Waals surface area (Å²) in [6.45, 7) is 0.466. The minimum Gasteiger partial charge on any atom is -0.454 e. The molecule has 2 aromatic heterocycles. The van der Waals surface area contributed by atoms with E-state index in [1.54, 1.807) is 36.4 Å². The van der Waals surface area contributed by atoms with E-state index in [0.29, 0.717) is 40.2 Å². The number of fused-ring (bicyclic) bond motifs is 2. The van der Waals surface area contributed by atoms with Crippen molar-refractivity contribution in [1.82, 2.24) is 19.3 Å². The highest BCUT2D eigenvalue weighted by molar-refractivity contribution is 5.77. The fourth-order valence-electron chi connectivity index (χ4n) is 4.21. The predicted molar refractivity (Wildman–Crippen MR) is 128 cm³/mol. The van der Waals surface area contributed by atoms with Gasteiger partial charge in [-0.3, -0.25) is 13.9 Å². The predicted octanol–water partition coefficient (Wildman–Crippen LogP) is 3.23. The van der Waals surface area contributed by atoms with E-state index < -0.39 is 5.69 Å². The zero-order chi connectivity index (χ0) is 23.8. The molecule has 0 aliphatic carbocycles. The Hall–Kier alpha value is -4.66. The summed E-state index contributed by atoms with van der Waals surface area (Å²) < 4.78 is 19.0. The molecule has 1 aliphatic heterocycles. The molecule has 0 saturated heterocycles. The summed E-state index contributed by atoms with van der Waals surface area (Å²) in [4.78, 5) is 31.0. The smallest absolute Gasteiger partial charge is 0.331 e. The number of nitrogens with zero attached hydrogens (tertiary/aromatic N) is 4. The van der Waals surface area contributed by atoms with E-state index in [4.69, 9.17) is 14.0 Å². The second kappa shape index (κ2) is 8.60. The van der Waals surface area contributed by atoms with Gasteiger partial charge in [-0.25, -0.2) is 4.79 Å². The van der Waals surface area contributed by atoms with Crippen LogP contribution < -0.4 is 20.7 Å². The molecule has 174 valence electrons. The topological polar surface area (TPSA) is 101 Å². The van der Waals surface area contributed by atoms with Crippen molar-refractivity contribution < 1.29 is 14.0 Å². The summed E-state index contributed by atoms with van der Waals surface area (Å²) in [5, 5.41) is 4.52. The summed E-state index contributed by atoms with van der Waals surface area (Å²) in [6, 6.07) is 22.2. The van der Waals surface area contributed by atoms with Crippen LogP contribution in [0.3, 0.4) is 0 Å². The van der Waals surface area contributed by atoms with Crippen molar-refractivity contribution in [3.8, 4) is 22.9 Å². The van der Waals surface area contributed by atoms with E-state index in [-0.39, 0.29) is 31.3 Å². The minimum atomic E-state index is -0.424. The molecular weight excluding hydrogens is 448 g/mol. The molecule has 0 fully saturated rings. The second-order valence-corrected chi connectivity index (χ2v) is 8.16. The molecule has 0 saturated carbocycles. The monoisotopic (exact) mass is 468 g/mol. The van der Waals surface area contributed by atoms with Gasteiger partial charge in [0, 0.05) is 12.1 Å². The van der Waals surface area contributed by atoms with Crippen LogP contribution in [-0.2, 0) is 19.5 Å². The summed E-state index contributed by atoms with van der Waals surface area (Å²) in [6.07, 6.45) is 0.559. The highest BCUT2D eigenvalue weighted by Gasteiger charge is 2.19. The van der Waals surface area contributed by atoms with Crippen LogP contribution in [0.2, 0.25) is 0 Å². The first-order valence-corrected chi connectivity index (χ1v) is 11.2. The largest absolute Gasteiger partial charge is 0.454 e. The van der Waals surface area contributed by atoms with E-state index >= 15 is 0 Å². The molecule has 3 aromatic carbocycles. The molecule has 6 rings (SSSR count). The van der Waals surface area contributed by atoms with Gasteiger partial charge in [0.05, 0.1) is 10.9 Å². The first-order chi connectivity index (χ1) is 17.2. The van der Waals surface area contributed by atoms with Gasteiger partial charge < -0.3 is 14.0 Å². The van der Waals surface area contributed by atoms with Crippen molar-refractivity contribution in [2.75, 3.05) is 6.79 Å². The lowest BCUT2D eigenvalue weighted by molar-refractivity contribution is 0.174. The lowest BCUT2D eigenvalue weighted by Crippen LogP contribution is -2.40. The Morgan fingerprint density at radius 2 is 1.66 bits per heavy atom. The van der Waals surface area contributed by atoms with Crippen LogP contribution in [0.25, 0.3) is 22.3 Å². The Labute approximate surface area is 198 Å². The molecule has 0 amide bonds. The molecule has 0 bridgehead atoms. The summed E-state index contributed by atoms with van der Waals surface area (Å²) >= 11 is 0. The van der Waals surface area contributed by atoms with Gasteiger partial charge in [0.15, 0.2) is 11.5 Å². The van der Waals surface area contributed by atoms with Crippen LogP contribution in [-0.4, -0.2) is 26.1 Å². The molecule has 0 unspecified atom stereocenters. The molecule has 0 N–H and O–H groups in total. The first kappa shape index (κ1) is 20.9. The molecule has 5 aromatic rings. The SMILES string of the molecule is O=c1c2ccccc2n(Cc2nc(-c3ccc4c(c3)OCO4)no2)c(=O)n1CCc1ccccc1. The van der Waals surface area contributed by atoms with E-state index in [1.807, 2.05) is 36.4 Å². The second-order valence-electron chi connectivity index (χ2n) is 8.16. The van der Waals surface area contributed by atoms with Crippen LogP contribution in [0.5, 0.6) is 11.5 Å². The molecular formula is C26H20N4O5. The third-order valence-electron chi connectivity index (χ3n) is 5.99. The van der Waals surface area contributed by atoms with Crippen LogP contribution >= 0.6 is 0 Å². The summed E-state index contributed by atoms with van der Waals surface area (Å²) in [5.41, 5.74) is 1.52. The fraction of sp³-hybridized carbons (Fsp3) is 0.154. The maximum atomic E-state index is 13.4. The molecule has 9 heteroatoms. The lowest BCUT2D eigenvalue weighted by Gasteiger charge is -2.12. The van der Waals surface area contributed by atoms with Gasteiger partial charge in [-0.2, -0.15) is 4.98 Å². The maximum Gasteiger partial charge on any atom is 0.331 e. The first-order valence-electron chi connectivity index (χ1n) is 11.2. The van der Waals surface area contributed by atoms with E-state index in [2.05, 4.69) is 10.1 Å². The molecule has 1 aliphatic rings.